The summed E-state index contributed by atoms with van der Waals surface area (Å²) >= 11 is 0. The summed E-state index contributed by atoms with van der Waals surface area (Å²) in [5, 5.41) is 16.9. The highest BCUT2D eigenvalue weighted by atomic mass is 16.6. The van der Waals surface area contributed by atoms with Gasteiger partial charge in [-0.3, -0.25) is 14.9 Å². The summed E-state index contributed by atoms with van der Waals surface area (Å²) in [5.41, 5.74) is 0.0421. The highest BCUT2D eigenvalue weighted by Crippen LogP contribution is 2.30. The Morgan fingerprint density at radius 3 is 2.86 bits per heavy atom. The molecule has 1 heterocycles. The lowest BCUT2D eigenvalue weighted by Crippen LogP contribution is -2.28. The first kappa shape index (κ1) is 15.2. The Hall–Kier alpha value is -2.15. The van der Waals surface area contributed by atoms with Gasteiger partial charge in [-0.1, -0.05) is 6.92 Å². The number of benzene rings is 1. The molecule has 0 spiro atoms. The molecule has 2 rings (SSSR count). The number of nitro benzene ring substituents is 1. The van der Waals surface area contributed by atoms with Crippen molar-refractivity contribution >= 4 is 17.3 Å². The van der Waals surface area contributed by atoms with E-state index in [1.807, 2.05) is 6.92 Å². The van der Waals surface area contributed by atoms with Gasteiger partial charge < -0.3 is 15.4 Å². The summed E-state index contributed by atoms with van der Waals surface area (Å²) in [7, 11) is 0. The van der Waals surface area contributed by atoms with Crippen LogP contribution in [0.5, 0.6) is 5.75 Å². The fourth-order valence-corrected chi connectivity index (χ4v) is 2.41. The Morgan fingerprint density at radius 1 is 1.52 bits per heavy atom. The van der Waals surface area contributed by atoms with Crippen LogP contribution in [0.4, 0.5) is 11.4 Å². The lowest BCUT2D eigenvalue weighted by atomic mass is 9.97. The lowest BCUT2D eigenvalue weighted by Gasteiger charge is -2.14. The van der Waals surface area contributed by atoms with E-state index in [2.05, 4.69) is 10.6 Å². The Morgan fingerprint density at radius 2 is 2.29 bits per heavy atom. The summed E-state index contributed by atoms with van der Waals surface area (Å²) < 4.78 is 5.25. The number of carbonyl (C=O) groups excluding carboxylic acids is 1. The zero-order valence-electron chi connectivity index (χ0n) is 12.1. The van der Waals surface area contributed by atoms with Crippen LogP contribution in [0.2, 0.25) is 0 Å². The average Bonchev–Trinajstić information content (AvgIpc) is 2.87. The molecule has 0 aromatic heterocycles. The van der Waals surface area contributed by atoms with Gasteiger partial charge in [-0.25, -0.2) is 0 Å². The summed E-state index contributed by atoms with van der Waals surface area (Å²) in [6.07, 6.45) is 0. The Balaban J connectivity index is 2.18. The van der Waals surface area contributed by atoms with Gasteiger partial charge in [-0.2, -0.15) is 0 Å². The van der Waals surface area contributed by atoms with E-state index in [0.29, 0.717) is 18.9 Å². The van der Waals surface area contributed by atoms with Gasteiger partial charge in [0, 0.05) is 6.54 Å². The van der Waals surface area contributed by atoms with E-state index in [9.17, 15) is 14.9 Å². The van der Waals surface area contributed by atoms with Gasteiger partial charge in [0.15, 0.2) is 0 Å². The number of anilines is 1. The minimum atomic E-state index is -0.519. The number of hydrogen-bond donors (Lipinski definition) is 2. The number of rotatable bonds is 5. The smallest absolute Gasteiger partial charge is 0.296 e. The van der Waals surface area contributed by atoms with Crippen molar-refractivity contribution in [1.82, 2.24) is 5.32 Å². The summed E-state index contributed by atoms with van der Waals surface area (Å²) in [5.74, 6) is 0.265. The third-order valence-electron chi connectivity index (χ3n) is 3.59. The molecule has 1 fully saturated rings. The molecule has 7 nitrogen and oxygen atoms in total. The first-order valence-electron chi connectivity index (χ1n) is 6.95. The van der Waals surface area contributed by atoms with Gasteiger partial charge in [0.25, 0.3) is 5.69 Å². The fraction of sp³-hybridized carbons (Fsp3) is 0.500. The minimum Gasteiger partial charge on any atom is -0.494 e. The molecule has 1 aliphatic heterocycles. The van der Waals surface area contributed by atoms with Crippen LogP contribution in [-0.4, -0.2) is 30.5 Å². The second kappa shape index (κ2) is 6.53. The highest BCUT2D eigenvalue weighted by Gasteiger charge is 2.30. The van der Waals surface area contributed by atoms with Crippen molar-refractivity contribution in [2.75, 3.05) is 25.0 Å². The standard InChI is InChI=1S/C14H19N3O4/c1-3-21-10-4-5-12(13(6-10)17(19)20)16-14(18)11-8-15-7-9(11)2/h4-6,9,11,15H,3,7-8H2,1-2H3,(H,16,18). The van der Waals surface area contributed by atoms with Crippen LogP contribution in [0.1, 0.15) is 13.8 Å². The molecule has 1 aliphatic rings. The molecule has 1 aromatic rings. The van der Waals surface area contributed by atoms with E-state index >= 15 is 0 Å². The molecule has 114 valence electrons. The van der Waals surface area contributed by atoms with Crippen molar-refractivity contribution in [3.05, 3.63) is 28.3 Å². The maximum Gasteiger partial charge on any atom is 0.296 e. The molecule has 2 N–H and O–H groups in total. The Labute approximate surface area is 122 Å². The number of nitrogens with one attached hydrogen (secondary N) is 2. The van der Waals surface area contributed by atoms with Crippen LogP contribution in [0.25, 0.3) is 0 Å². The lowest BCUT2D eigenvalue weighted by molar-refractivity contribution is -0.384. The number of nitro groups is 1. The number of ether oxygens (including phenoxy) is 1. The predicted octanol–water partition coefficient (Wildman–Crippen LogP) is 1.79. The average molecular weight is 293 g/mol. The second-order valence-corrected chi connectivity index (χ2v) is 5.10. The molecule has 0 radical (unpaired) electrons. The second-order valence-electron chi connectivity index (χ2n) is 5.10. The van der Waals surface area contributed by atoms with Crippen molar-refractivity contribution in [1.29, 1.82) is 0 Å². The van der Waals surface area contributed by atoms with E-state index in [1.54, 1.807) is 13.0 Å². The maximum absolute atomic E-state index is 12.2. The van der Waals surface area contributed by atoms with E-state index in [4.69, 9.17) is 4.74 Å². The van der Waals surface area contributed by atoms with Crippen molar-refractivity contribution < 1.29 is 14.5 Å². The van der Waals surface area contributed by atoms with Crippen LogP contribution in [-0.2, 0) is 4.79 Å². The number of hydrogen-bond acceptors (Lipinski definition) is 5. The third kappa shape index (κ3) is 3.49. The van der Waals surface area contributed by atoms with Crippen molar-refractivity contribution in [2.24, 2.45) is 11.8 Å². The summed E-state index contributed by atoms with van der Waals surface area (Å²) in [4.78, 5) is 22.8. The monoisotopic (exact) mass is 293 g/mol. The molecule has 1 aromatic carbocycles. The Kier molecular flexibility index (Phi) is 4.74. The van der Waals surface area contributed by atoms with Gasteiger partial charge >= 0.3 is 0 Å². The van der Waals surface area contributed by atoms with Crippen LogP contribution < -0.4 is 15.4 Å². The van der Waals surface area contributed by atoms with Gasteiger partial charge in [0.05, 0.1) is 23.5 Å². The van der Waals surface area contributed by atoms with E-state index in [1.165, 1.54) is 12.1 Å². The molecular weight excluding hydrogens is 274 g/mol. The highest BCUT2D eigenvalue weighted by molar-refractivity contribution is 5.95. The predicted molar refractivity (Wildman–Crippen MR) is 78.4 cm³/mol. The van der Waals surface area contributed by atoms with E-state index < -0.39 is 4.92 Å². The SMILES string of the molecule is CCOc1ccc(NC(=O)C2CNCC2C)c([N+](=O)[O-])c1. The molecule has 0 bridgehead atoms. The third-order valence-corrected chi connectivity index (χ3v) is 3.59. The van der Waals surface area contributed by atoms with Gasteiger partial charge in [-0.05, 0) is 31.5 Å². The molecule has 0 aliphatic carbocycles. The molecule has 2 atom stereocenters. The summed E-state index contributed by atoms with van der Waals surface area (Å²) in [6.45, 7) is 5.59. The molecular formula is C14H19N3O4. The largest absolute Gasteiger partial charge is 0.494 e. The van der Waals surface area contributed by atoms with E-state index in [0.717, 1.165) is 6.54 Å². The number of amides is 1. The van der Waals surface area contributed by atoms with Crippen LogP contribution in [0.15, 0.2) is 18.2 Å². The minimum absolute atomic E-state index is 0.159. The quantitative estimate of drug-likeness (QED) is 0.637. The van der Waals surface area contributed by atoms with E-state index in [-0.39, 0.29) is 29.1 Å². The number of carbonyl (C=O) groups is 1. The van der Waals surface area contributed by atoms with Crippen molar-refractivity contribution in [3.63, 3.8) is 0 Å². The normalized spacial score (nSPS) is 21.0. The van der Waals surface area contributed by atoms with Crippen LogP contribution in [0.3, 0.4) is 0 Å². The van der Waals surface area contributed by atoms with Crippen molar-refractivity contribution in [3.8, 4) is 5.75 Å². The van der Waals surface area contributed by atoms with Gasteiger partial charge in [0.2, 0.25) is 5.91 Å². The summed E-state index contributed by atoms with van der Waals surface area (Å²) in [6, 6.07) is 4.45. The van der Waals surface area contributed by atoms with Gasteiger partial charge in [0.1, 0.15) is 11.4 Å². The zero-order chi connectivity index (χ0) is 15.4. The first-order chi connectivity index (χ1) is 10.0. The molecule has 1 saturated heterocycles. The topological polar surface area (TPSA) is 93.5 Å². The maximum atomic E-state index is 12.2. The first-order valence-corrected chi connectivity index (χ1v) is 6.95. The van der Waals surface area contributed by atoms with Crippen LogP contribution in [0, 0.1) is 22.0 Å². The molecule has 0 saturated carbocycles. The van der Waals surface area contributed by atoms with Gasteiger partial charge in [-0.15, -0.1) is 0 Å². The number of nitrogens with zero attached hydrogens (tertiary/aromatic N) is 1. The Bertz CT molecular complexity index is 547. The van der Waals surface area contributed by atoms with Crippen molar-refractivity contribution in [2.45, 2.75) is 13.8 Å². The molecule has 21 heavy (non-hydrogen) atoms. The molecule has 2 unspecified atom stereocenters. The molecule has 1 amide bonds. The van der Waals surface area contributed by atoms with Crippen LogP contribution >= 0.6 is 0 Å². The molecule has 7 heteroatoms. The fourth-order valence-electron chi connectivity index (χ4n) is 2.41. The zero-order valence-corrected chi connectivity index (χ0v) is 12.1.